The Morgan fingerprint density at radius 3 is 2.59 bits per heavy atom. The van der Waals surface area contributed by atoms with E-state index in [4.69, 9.17) is 0 Å². The zero-order valence-corrected chi connectivity index (χ0v) is 12.5. The summed E-state index contributed by atoms with van der Waals surface area (Å²) in [7, 11) is 0. The lowest BCUT2D eigenvalue weighted by Crippen LogP contribution is -2.25. The Hall–Kier alpha value is -2.23. The lowest BCUT2D eigenvalue weighted by Gasteiger charge is -2.14. The third kappa shape index (κ3) is 3.50. The number of aromatic nitrogens is 1. The summed E-state index contributed by atoms with van der Waals surface area (Å²) in [6, 6.07) is 10.4. The van der Waals surface area contributed by atoms with E-state index in [2.05, 4.69) is 11.1 Å². The Morgan fingerprint density at radius 1 is 1.14 bits per heavy atom. The van der Waals surface area contributed by atoms with Crippen molar-refractivity contribution in [1.29, 1.82) is 0 Å². The second-order valence-corrected chi connectivity index (χ2v) is 5.65. The third-order valence-corrected chi connectivity index (χ3v) is 4.03. The summed E-state index contributed by atoms with van der Waals surface area (Å²) in [5.41, 5.74) is 2.92. The van der Waals surface area contributed by atoms with Gasteiger partial charge in [-0.25, -0.2) is 4.39 Å². The van der Waals surface area contributed by atoms with Gasteiger partial charge >= 0.3 is 0 Å². The van der Waals surface area contributed by atoms with Crippen LogP contribution in [0.1, 0.15) is 24.8 Å². The molecule has 0 aliphatic carbocycles. The summed E-state index contributed by atoms with van der Waals surface area (Å²) in [6.45, 7) is 1.74. The molecule has 2 heterocycles. The maximum absolute atomic E-state index is 12.9. The minimum absolute atomic E-state index is 0.239. The summed E-state index contributed by atoms with van der Waals surface area (Å²) < 4.78 is 12.9. The molecule has 4 heteroatoms. The van der Waals surface area contributed by atoms with Crippen LogP contribution >= 0.6 is 0 Å². The Morgan fingerprint density at radius 2 is 1.95 bits per heavy atom. The average Bonchev–Trinajstić information content (AvgIpc) is 2.94. The van der Waals surface area contributed by atoms with Gasteiger partial charge in [0.25, 0.3) is 0 Å². The van der Waals surface area contributed by atoms with E-state index in [1.807, 2.05) is 17.2 Å². The maximum Gasteiger partial charge on any atom is 0.222 e. The molecule has 0 bridgehead atoms. The number of likely N-dealkylation sites (tertiary alicyclic amines) is 1. The molecule has 0 radical (unpaired) electrons. The van der Waals surface area contributed by atoms with Crippen molar-refractivity contribution in [3.05, 3.63) is 54.0 Å². The minimum atomic E-state index is -0.239. The Labute approximate surface area is 129 Å². The average molecular weight is 298 g/mol. The first-order valence-corrected chi connectivity index (χ1v) is 7.71. The molecule has 1 saturated heterocycles. The number of pyridine rings is 1. The maximum atomic E-state index is 12.9. The molecule has 1 fully saturated rings. The number of hydrogen-bond acceptors (Lipinski definition) is 2. The number of nitrogens with zero attached hydrogens (tertiary/aromatic N) is 2. The summed E-state index contributed by atoms with van der Waals surface area (Å²) >= 11 is 0. The molecule has 1 aromatic heterocycles. The molecule has 0 saturated carbocycles. The Balaban J connectivity index is 1.55. The monoisotopic (exact) mass is 298 g/mol. The smallest absolute Gasteiger partial charge is 0.222 e. The van der Waals surface area contributed by atoms with Gasteiger partial charge in [-0.1, -0.05) is 6.07 Å². The van der Waals surface area contributed by atoms with E-state index in [-0.39, 0.29) is 11.7 Å². The van der Waals surface area contributed by atoms with Crippen molar-refractivity contribution < 1.29 is 9.18 Å². The molecule has 3 rings (SSSR count). The van der Waals surface area contributed by atoms with E-state index in [1.54, 1.807) is 12.1 Å². The fourth-order valence-corrected chi connectivity index (χ4v) is 2.78. The summed E-state index contributed by atoms with van der Waals surface area (Å²) in [4.78, 5) is 17.9. The van der Waals surface area contributed by atoms with Crippen LogP contribution in [0.5, 0.6) is 0 Å². The number of aryl methyl sites for hydroxylation is 1. The summed E-state index contributed by atoms with van der Waals surface area (Å²) in [5.74, 6) is 0.0432. The zero-order chi connectivity index (χ0) is 15.4. The van der Waals surface area contributed by atoms with Crippen molar-refractivity contribution in [2.75, 3.05) is 13.1 Å². The Kier molecular flexibility index (Phi) is 4.47. The molecule has 1 aliphatic heterocycles. The van der Waals surface area contributed by atoms with Gasteiger partial charge in [0.1, 0.15) is 5.82 Å². The molecule has 114 valence electrons. The predicted molar refractivity (Wildman–Crippen MR) is 83.8 cm³/mol. The van der Waals surface area contributed by atoms with Gasteiger partial charge in [0.2, 0.25) is 5.91 Å². The fraction of sp³-hybridized carbons (Fsp3) is 0.333. The molecule has 0 N–H and O–H groups in total. The highest BCUT2D eigenvalue weighted by Gasteiger charge is 2.18. The first-order valence-electron chi connectivity index (χ1n) is 7.71. The highest BCUT2D eigenvalue weighted by Crippen LogP contribution is 2.18. The van der Waals surface area contributed by atoms with Crippen molar-refractivity contribution >= 4 is 5.91 Å². The van der Waals surface area contributed by atoms with E-state index < -0.39 is 0 Å². The molecule has 3 nitrogen and oxygen atoms in total. The van der Waals surface area contributed by atoms with Crippen LogP contribution < -0.4 is 0 Å². The molecule has 0 spiro atoms. The lowest BCUT2D eigenvalue weighted by molar-refractivity contribution is -0.127. The third-order valence-electron chi connectivity index (χ3n) is 4.03. The number of amides is 1. The molecule has 0 atom stereocenters. The molecule has 2 aromatic rings. The summed E-state index contributed by atoms with van der Waals surface area (Å²) in [6.07, 6.45) is 5.44. The van der Waals surface area contributed by atoms with Gasteiger partial charge in [0.05, 0.1) is 5.69 Å². The van der Waals surface area contributed by atoms with Crippen LogP contribution in [0, 0.1) is 5.82 Å². The van der Waals surface area contributed by atoms with Crippen molar-refractivity contribution in [3.63, 3.8) is 0 Å². The van der Waals surface area contributed by atoms with Crippen LogP contribution in [0.15, 0.2) is 42.6 Å². The van der Waals surface area contributed by atoms with E-state index in [0.717, 1.165) is 49.2 Å². The van der Waals surface area contributed by atoms with E-state index in [0.29, 0.717) is 6.42 Å². The van der Waals surface area contributed by atoms with Gasteiger partial charge in [0.15, 0.2) is 0 Å². The molecule has 1 aromatic carbocycles. The van der Waals surface area contributed by atoms with E-state index in [9.17, 15) is 9.18 Å². The largest absolute Gasteiger partial charge is 0.343 e. The second-order valence-electron chi connectivity index (χ2n) is 5.65. The molecule has 1 amide bonds. The number of halogens is 1. The molecule has 1 aliphatic rings. The molecule has 0 unspecified atom stereocenters. The predicted octanol–water partition coefficient (Wildman–Crippen LogP) is 3.44. The van der Waals surface area contributed by atoms with Crippen LogP contribution in [0.3, 0.4) is 0 Å². The highest BCUT2D eigenvalue weighted by molar-refractivity contribution is 5.78. The van der Waals surface area contributed by atoms with Crippen LogP contribution in [0.25, 0.3) is 11.3 Å². The first-order chi connectivity index (χ1) is 10.7. The number of benzene rings is 1. The molecular weight excluding hydrogens is 279 g/mol. The number of carbonyl (C=O) groups excluding carboxylic acids is 1. The number of carbonyl (C=O) groups is 1. The van der Waals surface area contributed by atoms with E-state index >= 15 is 0 Å². The molecular formula is C18H19FN2O. The standard InChI is InChI=1S/C18H19FN2O/c19-16-8-6-15(7-9-16)17-10-5-14(13-20-17)3-1-11-21-12-2-4-18(21)22/h5-10,13H,1-4,11-12H2. The van der Waals surface area contributed by atoms with Crippen molar-refractivity contribution in [1.82, 2.24) is 9.88 Å². The van der Waals surface area contributed by atoms with Gasteiger partial charge in [-0.3, -0.25) is 9.78 Å². The van der Waals surface area contributed by atoms with Gasteiger partial charge in [-0.15, -0.1) is 0 Å². The lowest BCUT2D eigenvalue weighted by atomic mass is 10.1. The normalized spacial score (nSPS) is 14.6. The van der Waals surface area contributed by atoms with Crippen molar-refractivity contribution in [2.45, 2.75) is 25.7 Å². The van der Waals surface area contributed by atoms with E-state index in [1.165, 1.54) is 12.1 Å². The number of hydrogen-bond donors (Lipinski definition) is 0. The number of rotatable bonds is 5. The van der Waals surface area contributed by atoms with Gasteiger partial charge in [-0.05, 0) is 55.2 Å². The summed E-state index contributed by atoms with van der Waals surface area (Å²) in [5, 5.41) is 0. The quantitative estimate of drug-likeness (QED) is 0.847. The van der Waals surface area contributed by atoms with Crippen LogP contribution in [0.4, 0.5) is 4.39 Å². The minimum Gasteiger partial charge on any atom is -0.343 e. The van der Waals surface area contributed by atoms with Gasteiger partial charge in [-0.2, -0.15) is 0 Å². The topological polar surface area (TPSA) is 33.2 Å². The van der Waals surface area contributed by atoms with Crippen molar-refractivity contribution in [3.8, 4) is 11.3 Å². The first kappa shape index (κ1) is 14.7. The van der Waals surface area contributed by atoms with Crippen molar-refractivity contribution in [2.24, 2.45) is 0 Å². The van der Waals surface area contributed by atoms with Gasteiger partial charge < -0.3 is 4.90 Å². The SMILES string of the molecule is O=C1CCCN1CCCc1ccc(-c2ccc(F)cc2)nc1. The zero-order valence-electron chi connectivity index (χ0n) is 12.5. The Bertz CT molecular complexity index is 637. The molecule has 22 heavy (non-hydrogen) atoms. The highest BCUT2D eigenvalue weighted by atomic mass is 19.1. The second kappa shape index (κ2) is 6.69. The van der Waals surface area contributed by atoms with Crippen LogP contribution in [0.2, 0.25) is 0 Å². The fourth-order valence-electron chi connectivity index (χ4n) is 2.78. The van der Waals surface area contributed by atoms with Gasteiger partial charge in [0, 0.05) is 31.3 Å². The van der Waals surface area contributed by atoms with Crippen LogP contribution in [-0.2, 0) is 11.2 Å². The van der Waals surface area contributed by atoms with Crippen LogP contribution in [-0.4, -0.2) is 28.9 Å².